The fraction of sp³-hybridized carbons (Fsp3) is 0.485. The number of nitriles is 2. The van der Waals surface area contributed by atoms with Gasteiger partial charge in [-0.05, 0) is 36.8 Å². The van der Waals surface area contributed by atoms with E-state index in [9.17, 15) is 19.6 Å². The molecule has 0 unspecified atom stereocenters. The first-order valence-corrected chi connectivity index (χ1v) is 15.5. The standard InChI is InChI=1S/C33H42ClN5O4/c1-2-3-4-5-6-7-8-9-10-11-12-13-14-15-18-43-32(41)25-16-17-26(24-40)30(20-25)37-33(42)39-38-31-21-28(23-36)27(22-35)19-29(31)34/h16-17,19-21,24,38H,2-15,18H2,1H3,(H2,37,39,42). The number of urea groups is 1. The van der Waals surface area contributed by atoms with Crippen molar-refractivity contribution in [2.45, 2.75) is 96.8 Å². The van der Waals surface area contributed by atoms with Gasteiger partial charge in [-0.1, -0.05) is 102 Å². The van der Waals surface area contributed by atoms with Crippen molar-refractivity contribution in [2.75, 3.05) is 17.3 Å². The lowest BCUT2D eigenvalue weighted by Crippen LogP contribution is -2.34. The van der Waals surface area contributed by atoms with E-state index in [4.69, 9.17) is 21.6 Å². The molecule has 3 N–H and O–H groups in total. The first kappa shape index (κ1) is 35.1. The maximum absolute atomic E-state index is 12.6. The number of benzene rings is 2. The summed E-state index contributed by atoms with van der Waals surface area (Å²) in [5.41, 5.74) is 5.79. The Balaban J connectivity index is 1.70. The number of esters is 1. The molecule has 0 aliphatic heterocycles. The number of hydrogen-bond acceptors (Lipinski definition) is 7. The van der Waals surface area contributed by atoms with Crippen LogP contribution in [-0.2, 0) is 4.74 Å². The second-order valence-electron chi connectivity index (χ2n) is 10.5. The molecule has 230 valence electrons. The Morgan fingerprint density at radius 2 is 1.37 bits per heavy atom. The number of ether oxygens (including phenoxy) is 1. The zero-order chi connectivity index (χ0) is 31.3. The van der Waals surface area contributed by atoms with Gasteiger partial charge < -0.3 is 10.1 Å². The number of rotatable bonds is 20. The normalized spacial score (nSPS) is 10.3. The highest BCUT2D eigenvalue weighted by Crippen LogP contribution is 2.25. The Morgan fingerprint density at radius 3 is 1.93 bits per heavy atom. The minimum Gasteiger partial charge on any atom is -0.462 e. The Kier molecular flexibility index (Phi) is 16.9. The summed E-state index contributed by atoms with van der Waals surface area (Å²) in [4.78, 5) is 36.5. The number of halogens is 1. The summed E-state index contributed by atoms with van der Waals surface area (Å²) < 4.78 is 5.40. The molecule has 0 saturated carbocycles. The molecule has 2 aromatic rings. The second-order valence-corrected chi connectivity index (χ2v) is 10.9. The van der Waals surface area contributed by atoms with Gasteiger partial charge in [-0.25, -0.2) is 9.59 Å². The van der Waals surface area contributed by atoms with Crippen LogP contribution >= 0.6 is 11.6 Å². The Bertz CT molecular complexity index is 1290. The first-order chi connectivity index (χ1) is 20.9. The SMILES string of the molecule is CCCCCCCCCCCCCCCCOC(=O)c1ccc(C=O)c(NC(=O)NNc2cc(C#N)c(C#N)cc2Cl)c1. The summed E-state index contributed by atoms with van der Waals surface area (Å²) in [6.45, 7) is 2.55. The van der Waals surface area contributed by atoms with Gasteiger partial charge in [-0.15, -0.1) is 0 Å². The summed E-state index contributed by atoms with van der Waals surface area (Å²) in [6.07, 6.45) is 18.0. The Labute approximate surface area is 259 Å². The van der Waals surface area contributed by atoms with Gasteiger partial charge in [0.2, 0.25) is 0 Å². The Morgan fingerprint density at radius 1 is 0.814 bits per heavy atom. The van der Waals surface area contributed by atoms with Crippen LogP contribution in [0.4, 0.5) is 16.2 Å². The van der Waals surface area contributed by atoms with E-state index in [0.717, 1.165) is 19.3 Å². The van der Waals surface area contributed by atoms with Crippen molar-refractivity contribution < 1.29 is 19.1 Å². The molecule has 0 aromatic heterocycles. The van der Waals surface area contributed by atoms with E-state index in [1.165, 1.54) is 101 Å². The molecule has 43 heavy (non-hydrogen) atoms. The number of carbonyl (C=O) groups excluding carboxylic acids is 3. The molecule has 0 bridgehead atoms. The molecule has 2 amide bonds. The van der Waals surface area contributed by atoms with Crippen molar-refractivity contribution in [3.63, 3.8) is 0 Å². The number of aldehydes is 1. The lowest BCUT2D eigenvalue weighted by atomic mass is 10.0. The Hall–Kier alpha value is -4.08. The van der Waals surface area contributed by atoms with Gasteiger partial charge in [-0.3, -0.25) is 15.6 Å². The monoisotopic (exact) mass is 607 g/mol. The van der Waals surface area contributed by atoms with Gasteiger partial charge >= 0.3 is 12.0 Å². The highest BCUT2D eigenvalue weighted by molar-refractivity contribution is 6.33. The molecule has 0 atom stereocenters. The number of hydrazine groups is 1. The quantitative estimate of drug-likeness (QED) is 0.0590. The van der Waals surface area contributed by atoms with Crippen LogP contribution < -0.4 is 16.2 Å². The highest BCUT2D eigenvalue weighted by atomic mass is 35.5. The average molecular weight is 608 g/mol. The number of amides is 2. The molecule has 0 saturated heterocycles. The van der Waals surface area contributed by atoms with Gasteiger partial charge in [0.05, 0.1) is 39.7 Å². The number of anilines is 2. The highest BCUT2D eigenvalue weighted by Gasteiger charge is 2.14. The lowest BCUT2D eigenvalue weighted by Gasteiger charge is -2.13. The molecule has 0 fully saturated rings. The van der Waals surface area contributed by atoms with Crippen molar-refractivity contribution in [3.8, 4) is 12.1 Å². The molecular formula is C33H42ClN5O4. The van der Waals surface area contributed by atoms with Gasteiger partial charge in [0.15, 0.2) is 6.29 Å². The number of unbranched alkanes of at least 4 members (excludes halogenated alkanes) is 13. The number of nitrogens with zero attached hydrogens (tertiary/aromatic N) is 2. The van der Waals surface area contributed by atoms with Crippen molar-refractivity contribution in [1.82, 2.24) is 5.43 Å². The van der Waals surface area contributed by atoms with E-state index in [1.54, 1.807) is 0 Å². The van der Waals surface area contributed by atoms with Crippen LogP contribution in [-0.4, -0.2) is 24.9 Å². The zero-order valence-electron chi connectivity index (χ0n) is 25.0. The maximum atomic E-state index is 12.6. The molecule has 10 heteroatoms. The third-order valence-electron chi connectivity index (χ3n) is 7.05. The molecule has 0 spiro atoms. The van der Waals surface area contributed by atoms with Crippen molar-refractivity contribution in [3.05, 3.63) is 57.6 Å². The molecule has 2 aromatic carbocycles. The van der Waals surface area contributed by atoms with Crippen molar-refractivity contribution in [1.29, 1.82) is 10.5 Å². The molecule has 0 aliphatic carbocycles. The molecule has 9 nitrogen and oxygen atoms in total. The molecular weight excluding hydrogens is 566 g/mol. The van der Waals surface area contributed by atoms with E-state index < -0.39 is 12.0 Å². The second kappa shape index (κ2) is 20.7. The summed E-state index contributed by atoms with van der Waals surface area (Å²) in [5, 5.41) is 20.9. The first-order valence-electron chi connectivity index (χ1n) is 15.2. The van der Waals surface area contributed by atoms with Gasteiger partial charge in [0.25, 0.3) is 0 Å². The largest absolute Gasteiger partial charge is 0.462 e. The van der Waals surface area contributed by atoms with Crippen molar-refractivity contribution >= 4 is 41.3 Å². The van der Waals surface area contributed by atoms with Crippen LogP contribution in [0.2, 0.25) is 5.02 Å². The fourth-order valence-corrected chi connectivity index (χ4v) is 4.78. The number of nitrogens with one attached hydrogen (secondary N) is 3. The zero-order valence-corrected chi connectivity index (χ0v) is 25.7. The van der Waals surface area contributed by atoms with Crippen LogP contribution in [0.25, 0.3) is 0 Å². The summed E-state index contributed by atoms with van der Waals surface area (Å²) in [5.74, 6) is -0.540. The number of carbonyl (C=O) groups is 3. The van der Waals surface area contributed by atoms with Crippen LogP contribution in [0.3, 0.4) is 0 Å². The topological polar surface area (TPSA) is 144 Å². The molecule has 2 rings (SSSR count). The van der Waals surface area contributed by atoms with Crippen LogP contribution in [0.1, 0.15) is 129 Å². The minimum atomic E-state index is -0.755. The van der Waals surface area contributed by atoms with E-state index in [1.807, 2.05) is 12.1 Å². The fourth-order valence-electron chi connectivity index (χ4n) is 4.57. The summed E-state index contributed by atoms with van der Waals surface area (Å²) in [7, 11) is 0. The van der Waals surface area contributed by atoms with Crippen LogP contribution in [0.5, 0.6) is 0 Å². The van der Waals surface area contributed by atoms with Gasteiger partial charge in [0, 0.05) is 5.56 Å². The van der Waals surface area contributed by atoms with Gasteiger partial charge in [-0.2, -0.15) is 10.5 Å². The number of hydrogen-bond donors (Lipinski definition) is 3. The smallest absolute Gasteiger partial charge is 0.338 e. The summed E-state index contributed by atoms with van der Waals surface area (Å²) >= 11 is 6.11. The van der Waals surface area contributed by atoms with Crippen LogP contribution in [0.15, 0.2) is 30.3 Å². The van der Waals surface area contributed by atoms with E-state index in [2.05, 4.69) is 23.1 Å². The maximum Gasteiger partial charge on any atom is 0.338 e. The van der Waals surface area contributed by atoms with Crippen molar-refractivity contribution in [2.24, 2.45) is 0 Å². The molecule has 0 heterocycles. The van der Waals surface area contributed by atoms with E-state index in [0.29, 0.717) is 12.9 Å². The van der Waals surface area contributed by atoms with Crippen LogP contribution in [0, 0.1) is 22.7 Å². The van der Waals surface area contributed by atoms with E-state index in [-0.39, 0.29) is 38.7 Å². The average Bonchev–Trinajstić information content (AvgIpc) is 3.01. The predicted molar refractivity (Wildman–Crippen MR) is 169 cm³/mol. The lowest BCUT2D eigenvalue weighted by molar-refractivity contribution is 0.0497. The van der Waals surface area contributed by atoms with Gasteiger partial charge in [0.1, 0.15) is 12.1 Å². The van der Waals surface area contributed by atoms with E-state index >= 15 is 0 Å². The summed E-state index contributed by atoms with van der Waals surface area (Å²) in [6, 6.07) is 9.90. The molecule has 0 radical (unpaired) electrons. The molecule has 0 aliphatic rings. The third-order valence-corrected chi connectivity index (χ3v) is 7.37. The third kappa shape index (κ3) is 13.2. The predicted octanol–water partition coefficient (Wildman–Crippen LogP) is 8.68. The minimum absolute atomic E-state index is 0.0835.